The lowest BCUT2D eigenvalue weighted by Gasteiger charge is -2.17. The molecule has 1 N–H and O–H groups in total. The Balaban J connectivity index is 1.88. The minimum absolute atomic E-state index is 0.337. The second-order valence-electron chi connectivity index (χ2n) is 4.92. The van der Waals surface area contributed by atoms with Gasteiger partial charge in [-0.15, -0.1) is 0 Å². The van der Waals surface area contributed by atoms with Crippen LogP contribution in [0.25, 0.3) is 0 Å². The summed E-state index contributed by atoms with van der Waals surface area (Å²) < 4.78 is 5.48. The topological polar surface area (TPSA) is 25.2 Å². The average Bonchev–Trinajstić information content (AvgIpc) is 2.91. The van der Waals surface area contributed by atoms with Crippen molar-refractivity contribution in [2.75, 3.05) is 6.54 Å². The lowest BCUT2D eigenvalue weighted by molar-refractivity contribution is 0.375. The van der Waals surface area contributed by atoms with E-state index in [4.69, 9.17) is 4.42 Å². The number of aryl methyl sites for hydroxylation is 1. The highest BCUT2D eigenvalue weighted by atomic mass is 16.3. The van der Waals surface area contributed by atoms with Crippen LogP contribution in [0.3, 0.4) is 0 Å². The van der Waals surface area contributed by atoms with Crippen LogP contribution in [0.1, 0.15) is 50.5 Å². The SMILES string of the molecule is CCC1(CNC(C)c2occc2C)CC1. The van der Waals surface area contributed by atoms with Gasteiger partial charge in [-0.25, -0.2) is 0 Å². The molecule has 0 aliphatic heterocycles. The van der Waals surface area contributed by atoms with Crippen molar-refractivity contribution in [1.82, 2.24) is 5.32 Å². The molecule has 1 heterocycles. The van der Waals surface area contributed by atoms with E-state index in [2.05, 4.69) is 26.1 Å². The van der Waals surface area contributed by atoms with Crippen LogP contribution in [-0.2, 0) is 0 Å². The number of nitrogens with one attached hydrogen (secondary N) is 1. The highest BCUT2D eigenvalue weighted by Crippen LogP contribution is 2.48. The molecule has 0 amide bonds. The molecule has 1 aromatic heterocycles. The Bertz CT molecular complexity index is 325. The Hall–Kier alpha value is -0.760. The molecule has 1 saturated carbocycles. The molecular formula is C13H21NO. The smallest absolute Gasteiger partial charge is 0.123 e. The molecule has 1 aliphatic rings. The molecule has 1 unspecified atom stereocenters. The molecular weight excluding hydrogens is 186 g/mol. The maximum absolute atomic E-state index is 5.48. The molecule has 1 aliphatic carbocycles. The monoisotopic (exact) mass is 207 g/mol. The number of hydrogen-bond acceptors (Lipinski definition) is 2. The first-order valence-electron chi connectivity index (χ1n) is 5.94. The predicted octanol–water partition coefficient (Wildman–Crippen LogP) is 3.43. The third-order valence-electron chi connectivity index (χ3n) is 3.79. The van der Waals surface area contributed by atoms with Gasteiger partial charge in [0, 0.05) is 6.54 Å². The Morgan fingerprint density at radius 1 is 1.53 bits per heavy atom. The first-order valence-corrected chi connectivity index (χ1v) is 5.94. The van der Waals surface area contributed by atoms with E-state index in [0.29, 0.717) is 11.5 Å². The standard InChI is InChI=1S/C13H21NO/c1-4-13(6-7-13)9-14-11(3)12-10(2)5-8-15-12/h5,8,11,14H,4,6-7,9H2,1-3H3. The number of rotatable bonds is 5. The van der Waals surface area contributed by atoms with Crippen LogP contribution in [0.5, 0.6) is 0 Å². The lowest BCUT2D eigenvalue weighted by atomic mass is 10.0. The number of furan rings is 1. The van der Waals surface area contributed by atoms with Gasteiger partial charge >= 0.3 is 0 Å². The van der Waals surface area contributed by atoms with Gasteiger partial charge in [0.15, 0.2) is 0 Å². The van der Waals surface area contributed by atoms with Crippen molar-refractivity contribution >= 4 is 0 Å². The summed E-state index contributed by atoms with van der Waals surface area (Å²) in [7, 11) is 0. The normalized spacial score (nSPS) is 20.2. The van der Waals surface area contributed by atoms with E-state index >= 15 is 0 Å². The first-order chi connectivity index (χ1) is 7.17. The van der Waals surface area contributed by atoms with Gasteiger partial charge in [0.25, 0.3) is 0 Å². The van der Waals surface area contributed by atoms with Gasteiger partial charge in [-0.1, -0.05) is 6.92 Å². The van der Waals surface area contributed by atoms with Crippen LogP contribution in [0.2, 0.25) is 0 Å². The molecule has 0 saturated heterocycles. The van der Waals surface area contributed by atoms with Gasteiger partial charge in [0.05, 0.1) is 12.3 Å². The van der Waals surface area contributed by atoms with Crippen LogP contribution in [0.15, 0.2) is 16.7 Å². The first kappa shape index (κ1) is 10.7. The summed E-state index contributed by atoms with van der Waals surface area (Å²) in [4.78, 5) is 0. The van der Waals surface area contributed by atoms with Crippen LogP contribution >= 0.6 is 0 Å². The van der Waals surface area contributed by atoms with Crippen LogP contribution in [0, 0.1) is 12.3 Å². The summed E-state index contributed by atoms with van der Waals surface area (Å²) in [6.07, 6.45) is 5.85. The summed E-state index contributed by atoms with van der Waals surface area (Å²) in [5.41, 5.74) is 1.85. The fourth-order valence-corrected chi connectivity index (χ4v) is 2.12. The third kappa shape index (κ3) is 2.25. The van der Waals surface area contributed by atoms with Crippen molar-refractivity contribution in [3.63, 3.8) is 0 Å². The molecule has 1 fully saturated rings. The van der Waals surface area contributed by atoms with Crippen molar-refractivity contribution in [2.24, 2.45) is 5.41 Å². The second kappa shape index (κ2) is 4.01. The molecule has 1 aromatic rings. The Morgan fingerprint density at radius 2 is 2.27 bits per heavy atom. The molecule has 0 bridgehead atoms. The van der Waals surface area contributed by atoms with Crippen molar-refractivity contribution < 1.29 is 4.42 Å². The van der Waals surface area contributed by atoms with Gasteiger partial charge in [0.2, 0.25) is 0 Å². The Kier molecular flexibility index (Phi) is 2.87. The van der Waals surface area contributed by atoms with Gasteiger partial charge in [-0.2, -0.15) is 0 Å². The van der Waals surface area contributed by atoms with E-state index < -0.39 is 0 Å². The predicted molar refractivity (Wildman–Crippen MR) is 61.8 cm³/mol. The summed E-state index contributed by atoms with van der Waals surface area (Å²) >= 11 is 0. The third-order valence-corrected chi connectivity index (χ3v) is 3.79. The van der Waals surface area contributed by atoms with E-state index in [9.17, 15) is 0 Å². The van der Waals surface area contributed by atoms with E-state index in [0.717, 1.165) is 12.3 Å². The Labute approximate surface area is 92.1 Å². The summed E-state index contributed by atoms with van der Waals surface area (Å²) in [5.74, 6) is 1.09. The molecule has 2 rings (SSSR count). The second-order valence-corrected chi connectivity index (χ2v) is 4.92. The average molecular weight is 207 g/mol. The van der Waals surface area contributed by atoms with Crippen LogP contribution in [0.4, 0.5) is 0 Å². The summed E-state index contributed by atoms with van der Waals surface area (Å²) in [5, 5.41) is 3.59. The number of hydrogen-bond donors (Lipinski definition) is 1. The van der Waals surface area contributed by atoms with Gasteiger partial charge < -0.3 is 9.73 Å². The van der Waals surface area contributed by atoms with Crippen molar-refractivity contribution in [1.29, 1.82) is 0 Å². The molecule has 15 heavy (non-hydrogen) atoms. The maximum Gasteiger partial charge on any atom is 0.123 e. The minimum Gasteiger partial charge on any atom is -0.467 e. The molecule has 0 aromatic carbocycles. The molecule has 0 spiro atoms. The van der Waals surface area contributed by atoms with Gasteiger partial charge in [-0.05, 0) is 50.2 Å². The molecule has 1 atom stereocenters. The molecule has 0 radical (unpaired) electrons. The zero-order chi connectivity index (χ0) is 10.9. The van der Waals surface area contributed by atoms with Gasteiger partial charge in [0.1, 0.15) is 5.76 Å². The fourth-order valence-electron chi connectivity index (χ4n) is 2.12. The van der Waals surface area contributed by atoms with Crippen LogP contribution < -0.4 is 5.32 Å². The van der Waals surface area contributed by atoms with E-state index in [1.54, 1.807) is 6.26 Å². The van der Waals surface area contributed by atoms with E-state index in [-0.39, 0.29) is 0 Å². The quantitative estimate of drug-likeness (QED) is 0.800. The highest BCUT2D eigenvalue weighted by molar-refractivity contribution is 5.17. The maximum atomic E-state index is 5.48. The largest absolute Gasteiger partial charge is 0.467 e. The molecule has 84 valence electrons. The lowest BCUT2D eigenvalue weighted by Crippen LogP contribution is -2.26. The zero-order valence-corrected chi connectivity index (χ0v) is 9.97. The summed E-state index contributed by atoms with van der Waals surface area (Å²) in [6.45, 7) is 7.70. The van der Waals surface area contributed by atoms with E-state index in [1.165, 1.54) is 24.8 Å². The van der Waals surface area contributed by atoms with Crippen molar-refractivity contribution in [2.45, 2.75) is 46.1 Å². The van der Waals surface area contributed by atoms with Gasteiger partial charge in [-0.3, -0.25) is 0 Å². The van der Waals surface area contributed by atoms with E-state index in [1.807, 2.05) is 6.07 Å². The zero-order valence-electron chi connectivity index (χ0n) is 9.97. The summed E-state index contributed by atoms with van der Waals surface area (Å²) in [6, 6.07) is 2.37. The highest BCUT2D eigenvalue weighted by Gasteiger charge is 2.40. The van der Waals surface area contributed by atoms with Crippen molar-refractivity contribution in [3.05, 3.63) is 23.7 Å². The van der Waals surface area contributed by atoms with Crippen molar-refractivity contribution in [3.8, 4) is 0 Å². The molecule has 2 nitrogen and oxygen atoms in total. The van der Waals surface area contributed by atoms with Crippen LogP contribution in [-0.4, -0.2) is 6.54 Å². The minimum atomic E-state index is 0.337. The molecule has 2 heteroatoms. The Morgan fingerprint density at radius 3 is 2.73 bits per heavy atom. The fraction of sp³-hybridized carbons (Fsp3) is 0.692.